The lowest BCUT2D eigenvalue weighted by atomic mass is 10.1. The lowest BCUT2D eigenvalue weighted by Gasteiger charge is -2.09. The van der Waals surface area contributed by atoms with Crippen LogP contribution < -0.4 is 4.74 Å². The van der Waals surface area contributed by atoms with Gasteiger partial charge >= 0.3 is 0 Å². The zero-order valence-corrected chi connectivity index (χ0v) is 16.2. The molecule has 2 heteroatoms. The summed E-state index contributed by atoms with van der Waals surface area (Å²) in [6, 6.07) is 29.1. The number of ether oxygens (including phenoxy) is 1. The van der Waals surface area contributed by atoms with Crippen LogP contribution in [0.5, 0.6) is 5.75 Å². The Morgan fingerprint density at radius 3 is 2.57 bits per heavy atom. The highest BCUT2D eigenvalue weighted by molar-refractivity contribution is 5.85. The van der Waals surface area contributed by atoms with Crippen LogP contribution in [0.15, 0.2) is 89.9 Å². The van der Waals surface area contributed by atoms with Gasteiger partial charge in [0.2, 0.25) is 0 Å². The van der Waals surface area contributed by atoms with E-state index in [0.717, 1.165) is 17.0 Å². The van der Waals surface area contributed by atoms with E-state index in [9.17, 15) is 0 Å². The summed E-state index contributed by atoms with van der Waals surface area (Å²) in [7, 11) is 0. The van der Waals surface area contributed by atoms with Crippen molar-refractivity contribution in [3.63, 3.8) is 0 Å². The predicted molar refractivity (Wildman–Crippen MR) is 118 cm³/mol. The van der Waals surface area contributed by atoms with E-state index < -0.39 is 0 Å². The van der Waals surface area contributed by atoms with Crippen LogP contribution in [0, 0.1) is 13.8 Å². The fraction of sp³-hybridized carbons (Fsp3) is 0.115. The van der Waals surface area contributed by atoms with Crippen LogP contribution in [0.3, 0.4) is 0 Å². The molecule has 0 aliphatic heterocycles. The molecule has 2 nitrogen and oxygen atoms in total. The van der Waals surface area contributed by atoms with E-state index in [0.29, 0.717) is 6.61 Å². The van der Waals surface area contributed by atoms with Gasteiger partial charge in [-0.1, -0.05) is 66.7 Å². The van der Waals surface area contributed by atoms with Gasteiger partial charge in [0.1, 0.15) is 12.4 Å². The SMILES string of the molecule is Cc1ccc(C)c(N=Cc2cccc(OCc3cccc4ccccc34)c2)c1. The van der Waals surface area contributed by atoms with Crippen molar-refractivity contribution >= 4 is 22.7 Å². The second-order valence-corrected chi connectivity index (χ2v) is 7.05. The summed E-state index contributed by atoms with van der Waals surface area (Å²) < 4.78 is 6.07. The van der Waals surface area contributed by atoms with E-state index in [-0.39, 0.29) is 0 Å². The van der Waals surface area contributed by atoms with E-state index in [4.69, 9.17) is 4.74 Å². The molecule has 0 bridgehead atoms. The third-order valence-corrected chi connectivity index (χ3v) is 4.85. The Hall–Kier alpha value is -3.39. The maximum absolute atomic E-state index is 6.07. The van der Waals surface area contributed by atoms with Crippen molar-refractivity contribution in [3.05, 3.63) is 107 Å². The molecule has 0 amide bonds. The molecule has 138 valence electrons. The summed E-state index contributed by atoms with van der Waals surface area (Å²) in [4.78, 5) is 4.66. The number of aryl methyl sites for hydroxylation is 2. The lowest BCUT2D eigenvalue weighted by Crippen LogP contribution is -1.97. The Bertz CT molecular complexity index is 1140. The number of benzene rings is 4. The summed E-state index contributed by atoms with van der Waals surface area (Å²) in [5, 5.41) is 2.47. The van der Waals surface area contributed by atoms with Crippen molar-refractivity contribution in [2.24, 2.45) is 4.99 Å². The molecule has 0 aromatic heterocycles. The van der Waals surface area contributed by atoms with Crippen molar-refractivity contribution in [3.8, 4) is 5.75 Å². The van der Waals surface area contributed by atoms with Crippen LogP contribution >= 0.6 is 0 Å². The smallest absolute Gasteiger partial charge is 0.120 e. The largest absolute Gasteiger partial charge is 0.489 e. The number of rotatable bonds is 5. The van der Waals surface area contributed by atoms with E-state index in [1.54, 1.807) is 0 Å². The summed E-state index contributed by atoms with van der Waals surface area (Å²) in [5.74, 6) is 0.845. The number of hydrogen-bond acceptors (Lipinski definition) is 2. The van der Waals surface area contributed by atoms with Gasteiger partial charge < -0.3 is 4.74 Å². The van der Waals surface area contributed by atoms with Crippen molar-refractivity contribution in [1.29, 1.82) is 0 Å². The quantitative estimate of drug-likeness (QED) is 0.357. The van der Waals surface area contributed by atoms with Crippen molar-refractivity contribution in [2.75, 3.05) is 0 Å². The monoisotopic (exact) mass is 365 g/mol. The number of aliphatic imine (C=N–C) groups is 1. The topological polar surface area (TPSA) is 21.6 Å². The Morgan fingerprint density at radius 2 is 1.64 bits per heavy atom. The molecule has 4 aromatic carbocycles. The van der Waals surface area contributed by atoms with Crippen molar-refractivity contribution < 1.29 is 4.74 Å². The van der Waals surface area contributed by atoms with Crippen LogP contribution in [0.4, 0.5) is 5.69 Å². The molecule has 0 aliphatic rings. The Labute approximate surface area is 166 Å². The molecular weight excluding hydrogens is 342 g/mol. The third kappa shape index (κ3) is 4.12. The molecule has 4 aromatic rings. The molecule has 0 fully saturated rings. The van der Waals surface area contributed by atoms with Gasteiger partial charge in [0, 0.05) is 6.21 Å². The highest BCUT2D eigenvalue weighted by Gasteiger charge is 2.02. The Balaban J connectivity index is 1.51. The van der Waals surface area contributed by atoms with Gasteiger partial charge in [0.05, 0.1) is 5.69 Å². The molecule has 0 atom stereocenters. The minimum Gasteiger partial charge on any atom is -0.489 e. The highest BCUT2D eigenvalue weighted by atomic mass is 16.5. The zero-order valence-electron chi connectivity index (χ0n) is 16.2. The Morgan fingerprint density at radius 1 is 0.821 bits per heavy atom. The van der Waals surface area contributed by atoms with Crippen molar-refractivity contribution in [2.45, 2.75) is 20.5 Å². The summed E-state index contributed by atoms with van der Waals surface area (Å²) >= 11 is 0. The van der Waals surface area contributed by atoms with Crippen LogP contribution in [-0.4, -0.2) is 6.21 Å². The van der Waals surface area contributed by atoms with E-state index in [2.05, 4.69) is 79.5 Å². The van der Waals surface area contributed by atoms with Gasteiger partial charge in [-0.2, -0.15) is 0 Å². The molecule has 0 saturated heterocycles. The van der Waals surface area contributed by atoms with Crippen LogP contribution in [0.2, 0.25) is 0 Å². The number of fused-ring (bicyclic) bond motifs is 1. The molecule has 0 aliphatic carbocycles. The molecule has 0 radical (unpaired) electrons. The van der Waals surface area contributed by atoms with Crippen LogP contribution in [0.25, 0.3) is 10.8 Å². The average molecular weight is 365 g/mol. The standard InChI is InChI=1S/C26H23NO/c1-19-13-14-20(2)26(15-19)27-17-21-7-5-11-24(16-21)28-18-23-10-6-9-22-8-3-4-12-25(22)23/h3-17H,18H2,1-2H3. The molecule has 0 heterocycles. The van der Waals surface area contributed by atoms with Gasteiger partial charge in [0.15, 0.2) is 0 Å². The molecule has 4 rings (SSSR count). The normalized spacial score (nSPS) is 11.2. The molecule has 28 heavy (non-hydrogen) atoms. The van der Waals surface area contributed by atoms with Gasteiger partial charge in [-0.25, -0.2) is 0 Å². The first-order valence-electron chi connectivity index (χ1n) is 9.50. The summed E-state index contributed by atoms with van der Waals surface area (Å²) in [5.41, 5.74) is 5.60. The lowest BCUT2D eigenvalue weighted by molar-refractivity contribution is 0.307. The van der Waals surface area contributed by atoms with Gasteiger partial charge in [-0.05, 0) is 65.1 Å². The van der Waals surface area contributed by atoms with Gasteiger partial charge in [-0.3, -0.25) is 4.99 Å². The first-order chi connectivity index (χ1) is 13.7. The fourth-order valence-electron chi connectivity index (χ4n) is 3.27. The average Bonchev–Trinajstić information content (AvgIpc) is 2.73. The second kappa shape index (κ2) is 8.10. The zero-order chi connectivity index (χ0) is 19.3. The molecular formula is C26H23NO. The van der Waals surface area contributed by atoms with Crippen molar-refractivity contribution in [1.82, 2.24) is 0 Å². The number of nitrogens with zero attached hydrogens (tertiary/aromatic N) is 1. The highest BCUT2D eigenvalue weighted by Crippen LogP contribution is 2.22. The predicted octanol–water partition coefficient (Wildman–Crippen LogP) is 6.79. The van der Waals surface area contributed by atoms with Gasteiger partial charge in [0.25, 0.3) is 0 Å². The van der Waals surface area contributed by atoms with Crippen LogP contribution in [0.1, 0.15) is 22.3 Å². The van der Waals surface area contributed by atoms with E-state index in [1.165, 1.54) is 27.5 Å². The summed E-state index contributed by atoms with van der Waals surface area (Å²) in [6.07, 6.45) is 1.90. The molecule has 0 N–H and O–H groups in total. The molecule has 0 spiro atoms. The second-order valence-electron chi connectivity index (χ2n) is 7.05. The van der Waals surface area contributed by atoms with E-state index >= 15 is 0 Å². The fourth-order valence-corrected chi connectivity index (χ4v) is 3.27. The first-order valence-corrected chi connectivity index (χ1v) is 9.50. The summed E-state index contributed by atoms with van der Waals surface area (Å²) in [6.45, 7) is 4.70. The Kier molecular flexibility index (Phi) is 5.20. The molecule has 0 saturated carbocycles. The minimum absolute atomic E-state index is 0.541. The van der Waals surface area contributed by atoms with E-state index in [1.807, 2.05) is 30.5 Å². The first kappa shape index (κ1) is 18.0. The maximum atomic E-state index is 6.07. The third-order valence-electron chi connectivity index (χ3n) is 4.85. The number of hydrogen-bond donors (Lipinski definition) is 0. The van der Waals surface area contributed by atoms with Gasteiger partial charge in [-0.15, -0.1) is 0 Å². The maximum Gasteiger partial charge on any atom is 0.120 e. The molecule has 0 unspecified atom stereocenters. The minimum atomic E-state index is 0.541. The van der Waals surface area contributed by atoms with Crippen LogP contribution in [-0.2, 0) is 6.61 Å².